The van der Waals surface area contributed by atoms with Crippen LogP contribution in [0.15, 0.2) is 30.3 Å². The summed E-state index contributed by atoms with van der Waals surface area (Å²) < 4.78 is 10.3. The van der Waals surface area contributed by atoms with Crippen LogP contribution < -0.4 is 0 Å². The average molecular weight is 270 g/mol. The fourth-order valence-electron chi connectivity index (χ4n) is 2.03. The van der Waals surface area contributed by atoms with E-state index in [1.807, 2.05) is 30.3 Å². The quantitative estimate of drug-likeness (QED) is 0.560. The molecule has 1 heterocycles. The highest BCUT2D eigenvalue weighted by molar-refractivity contribution is 5.13. The van der Waals surface area contributed by atoms with Crippen LogP contribution in [-0.4, -0.2) is 57.7 Å². The fourth-order valence-corrected chi connectivity index (χ4v) is 2.03. The van der Waals surface area contributed by atoms with Crippen LogP contribution in [0.25, 0.3) is 0 Å². The molecule has 0 saturated carbocycles. The van der Waals surface area contributed by atoms with E-state index in [9.17, 15) is 15.3 Å². The summed E-state index contributed by atoms with van der Waals surface area (Å²) in [7, 11) is 0. The Kier molecular flexibility index (Phi) is 4.87. The Morgan fingerprint density at radius 1 is 1.05 bits per heavy atom. The van der Waals surface area contributed by atoms with Crippen molar-refractivity contribution < 1.29 is 29.9 Å². The molecule has 106 valence electrons. The second-order valence-electron chi connectivity index (χ2n) is 4.49. The molecule has 1 aliphatic heterocycles. The lowest BCUT2D eigenvalue weighted by molar-refractivity contribution is -0.296. The second kappa shape index (κ2) is 6.42. The molecule has 1 saturated heterocycles. The predicted molar refractivity (Wildman–Crippen MR) is 65.0 cm³/mol. The van der Waals surface area contributed by atoms with Crippen LogP contribution >= 0.6 is 0 Å². The van der Waals surface area contributed by atoms with Crippen LogP contribution in [0.2, 0.25) is 0 Å². The third-order valence-electron chi connectivity index (χ3n) is 3.13. The minimum Gasteiger partial charge on any atom is -0.394 e. The Hall–Kier alpha value is -1.02. The molecule has 0 radical (unpaired) electrons. The number of aliphatic hydroxyl groups excluding tert-OH is 4. The van der Waals surface area contributed by atoms with Gasteiger partial charge in [-0.1, -0.05) is 30.3 Å². The number of hydrogen-bond acceptors (Lipinski definition) is 6. The molecule has 0 aliphatic carbocycles. The van der Waals surface area contributed by atoms with Gasteiger partial charge in [-0.3, -0.25) is 0 Å². The van der Waals surface area contributed by atoms with Crippen molar-refractivity contribution in [3.63, 3.8) is 0 Å². The Morgan fingerprint density at radius 2 is 1.74 bits per heavy atom. The first-order chi connectivity index (χ1) is 9.13. The fraction of sp³-hybridized carbons (Fsp3) is 0.538. The van der Waals surface area contributed by atoms with Gasteiger partial charge < -0.3 is 29.9 Å². The lowest BCUT2D eigenvalue weighted by Crippen LogP contribution is -2.59. The summed E-state index contributed by atoms with van der Waals surface area (Å²) in [5.74, 6) is 0. The van der Waals surface area contributed by atoms with Crippen molar-refractivity contribution in [3.8, 4) is 0 Å². The van der Waals surface area contributed by atoms with E-state index in [0.29, 0.717) is 0 Å². The lowest BCUT2D eigenvalue weighted by atomic mass is 9.99. The summed E-state index contributed by atoms with van der Waals surface area (Å²) in [6, 6.07) is 9.26. The Labute approximate surface area is 110 Å². The van der Waals surface area contributed by atoms with E-state index in [4.69, 9.17) is 14.6 Å². The molecule has 1 aromatic rings. The molecular weight excluding hydrogens is 252 g/mol. The maximum absolute atomic E-state index is 9.91. The van der Waals surface area contributed by atoms with Crippen LogP contribution in [0, 0.1) is 0 Å². The summed E-state index contributed by atoms with van der Waals surface area (Å²) in [6.45, 7) is -0.277. The molecule has 1 fully saturated rings. The average Bonchev–Trinajstić information content (AvgIpc) is 2.44. The van der Waals surface area contributed by atoms with Crippen molar-refractivity contribution in [1.82, 2.24) is 0 Å². The normalized spacial score (nSPS) is 35.3. The molecule has 2 unspecified atom stereocenters. The van der Waals surface area contributed by atoms with Gasteiger partial charge >= 0.3 is 0 Å². The second-order valence-corrected chi connectivity index (χ2v) is 4.49. The van der Waals surface area contributed by atoms with Crippen molar-refractivity contribution in [2.24, 2.45) is 0 Å². The van der Waals surface area contributed by atoms with Crippen molar-refractivity contribution in [2.75, 3.05) is 6.61 Å². The van der Waals surface area contributed by atoms with E-state index in [-0.39, 0.29) is 6.61 Å². The smallest absolute Gasteiger partial charge is 0.184 e. The van der Waals surface area contributed by atoms with Crippen molar-refractivity contribution in [1.29, 1.82) is 0 Å². The first kappa shape index (κ1) is 14.4. The maximum atomic E-state index is 9.91. The molecule has 2 rings (SSSR count). The first-order valence-corrected chi connectivity index (χ1v) is 6.09. The van der Waals surface area contributed by atoms with E-state index >= 15 is 0 Å². The van der Waals surface area contributed by atoms with E-state index in [0.717, 1.165) is 5.56 Å². The monoisotopic (exact) mass is 270 g/mol. The molecule has 0 spiro atoms. The molecule has 19 heavy (non-hydrogen) atoms. The van der Waals surface area contributed by atoms with Crippen LogP contribution in [0.1, 0.15) is 5.56 Å². The maximum Gasteiger partial charge on any atom is 0.184 e. The van der Waals surface area contributed by atoms with Gasteiger partial charge in [0.25, 0.3) is 0 Å². The number of rotatable bonds is 4. The molecule has 0 amide bonds. The predicted octanol–water partition coefficient (Wildman–Crippen LogP) is -0.997. The first-order valence-electron chi connectivity index (χ1n) is 6.09. The van der Waals surface area contributed by atoms with E-state index in [1.165, 1.54) is 0 Å². The zero-order valence-corrected chi connectivity index (χ0v) is 10.3. The summed E-state index contributed by atoms with van der Waals surface area (Å²) >= 11 is 0. The summed E-state index contributed by atoms with van der Waals surface area (Å²) in [5, 5.41) is 38.2. The Balaban J connectivity index is 2.00. The van der Waals surface area contributed by atoms with Crippen LogP contribution in [0.5, 0.6) is 0 Å². The molecular formula is C13H18O6. The standard InChI is InChI=1S/C13H18O6/c14-6-9-10(15)12(11(16)13(17)19-9)18-7-8-4-2-1-3-5-8/h1-5,9-17H,6-7H2/t9?,10-,11?,12-,13-/m0/s1. The highest BCUT2D eigenvalue weighted by atomic mass is 16.6. The summed E-state index contributed by atoms with van der Waals surface area (Å²) in [5.41, 5.74) is 0.878. The van der Waals surface area contributed by atoms with Gasteiger partial charge in [-0.25, -0.2) is 0 Å². The van der Waals surface area contributed by atoms with Gasteiger partial charge in [0.05, 0.1) is 13.2 Å². The van der Waals surface area contributed by atoms with Gasteiger partial charge in [0.15, 0.2) is 6.29 Å². The molecule has 1 aromatic carbocycles. The number of aliphatic hydroxyl groups is 4. The largest absolute Gasteiger partial charge is 0.394 e. The van der Waals surface area contributed by atoms with E-state index in [1.54, 1.807) is 0 Å². The van der Waals surface area contributed by atoms with Gasteiger partial charge in [-0.15, -0.1) is 0 Å². The third-order valence-corrected chi connectivity index (χ3v) is 3.13. The molecule has 0 aromatic heterocycles. The highest BCUT2D eigenvalue weighted by Crippen LogP contribution is 2.23. The zero-order valence-electron chi connectivity index (χ0n) is 10.3. The highest BCUT2D eigenvalue weighted by Gasteiger charge is 2.44. The lowest BCUT2D eigenvalue weighted by Gasteiger charge is -2.39. The minimum absolute atomic E-state index is 0.185. The molecule has 4 N–H and O–H groups in total. The summed E-state index contributed by atoms with van der Waals surface area (Å²) in [6.07, 6.45) is -6.03. The molecule has 1 aliphatic rings. The van der Waals surface area contributed by atoms with Gasteiger partial charge in [-0.05, 0) is 5.56 Å². The van der Waals surface area contributed by atoms with Crippen molar-refractivity contribution in [3.05, 3.63) is 35.9 Å². The van der Waals surface area contributed by atoms with Gasteiger partial charge in [0.1, 0.15) is 24.4 Å². The van der Waals surface area contributed by atoms with Crippen LogP contribution in [0.3, 0.4) is 0 Å². The van der Waals surface area contributed by atoms with Crippen LogP contribution in [0.4, 0.5) is 0 Å². The molecule has 6 heteroatoms. The molecule has 5 atom stereocenters. The summed E-state index contributed by atoms with van der Waals surface area (Å²) in [4.78, 5) is 0. The van der Waals surface area contributed by atoms with Gasteiger partial charge in [-0.2, -0.15) is 0 Å². The number of hydrogen-bond donors (Lipinski definition) is 4. The number of benzene rings is 1. The number of ether oxygens (including phenoxy) is 2. The van der Waals surface area contributed by atoms with Gasteiger partial charge in [0.2, 0.25) is 0 Å². The zero-order chi connectivity index (χ0) is 13.8. The van der Waals surface area contributed by atoms with E-state index < -0.39 is 37.3 Å². The third kappa shape index (κ3) is 3.30. The van der Waals surface area contributed by atoms with E-state index in [2.05, 4.69) is 0 Å². The van der Waals surface area contributed by atoms with Gasteiger partial charge in [0, 0.05) is 0 Å². The Morgan fingerprint density at radius 3 is 2.37 bits per heavy atom. The Bertz CT molecular complexity index is 384. The van der Waals surface area contributed by atoms with Crippen LogP contribution in [-0.2, 0) is 16.1 Å². The topological polar surface area (TPSA) is 99.4 Å². The SMILES string of the molecule is OCC1O[C@H](O)C(O)[C@@H](OCc2ccccc2)[C@H]1O. The van der Waals surface area contributed by atoms with Crippen molar-refractivity contribution in [2.45, 2.75) is 37.3 Å². The van der Waals surface area contributed by atoms with Crippen molar-refractivity contribution >= 4 is 0 Å². The minimum atomic E-state index is -1.48. The molecule has 6 nitrogen and oxygen atoms in total. The molecule has 0 bridgehead atoms.